The summed E-state index contributed by atoms with van der Waals surface area (Å²) < 4.78 is 34.5. The number of aliphatic hydroxyl groups excluding tert-OH is 2. The summed E-state index contributed by atoms with van der Waals surface area (Å²) in [6.45, 7) is 10.4. The summed E-state index contributed by atoms with van der Waals surface area (Å²) >= 11 is 0. The fraction of sp³-hybridized carbons (Fsp3) is 0.944. The lowest BCUT2D eigenvalue weighted by molar-refractivity contribution is -0.339. The Kier molecular flexibility index (Phi) is 5.85. The Morgan fingerprint density at radius 1 is 0.963 bits per heavy atom. The molecule has 9 heteroatoms. The van der Waals surface area contributed by atoms with Crippen LogP contribution >= 0.6 is 0 Å². The summed E-state index contributed by atoms with van der Waals surface area (Å²) in [7, 11) is 0. The Morgan fingerprint density at radius 2 is 1.59 bits per heavy atom. The SMILES string of the molecule is CC(=O)O[C@@H]1C(C)OC(O)[C@H](O)C1O[C@@H]1OC(C)[C@H](C)[C@H]2OC(C)(C)OC12. The number of carbonyl (C=O) groups excluding carboxylic acids is 1. The fourth-order valence-corrected chi connectivity index (χ4v) is 3.89. The molecule has 9 nitrogen and oxygen atoms in total. The largest absolute Gasteiger partial charge is 0.457 e. The van der Waals surface area contributed by atoms with E-state index in [1.165, 1.54) is 6.92 Å². The minimum absolute atomic E-state index is 0.0741. The van der Waals surface area contributed by atoms with Crippen molar-refractivity contribution in [2.24, 2.45) is 5.92 Å². The van der Waals surface area contributed by atoms with E-state index in [4.69, 9.17) is 28.4 Å². The van der Waals surface area contributed by atoms with Crippen molar-refractivity contribution in [2.45, 2.75) is 103 Å². The molecule has 3 aliphatic rings. The number of fused-ring (bicyclic) bond motifs is 1. The summed E-state index contributed by atoms with van der Waals surface area (Å²) in [4.78, 5) is 11.5. The number of hydrogen-bond acceptors (Lipinski definition) is 9. The van der Waals surface area contributed by atoms with Gasteiger partial charge in [0.15, 0.2) is 24.5 Å². The van der Waals surface area contributed by atoms with Crippen LogP contribution in [0.1, 0.15) is 41.5 Å². The Hall–Kier alpha value is -0.810. The van der Waals surface area contributed by atoms with Gasteiger partial charge in [0.25, 0.3) is 0 Å². The lowest BCUT2D eigenvalue weighted by Crippen LogP contribution is -2.62. The molecule has 5 unspecified atom stereocenters. The molecule has 0 saturated carbocycles. The molecule has 0 aromatic rings. The highest BCUT2D eigenvalue weighted by Gasteiger charge is 2.56. The molecule has 3 fully saturated rings. The van der Waals surface area contributed by atoms with Gasteiger partial charge < -0.3 is 38.6 Å². The van der Waals surface area contributed by atoms with Crippen LogP contribution in [-0.4, -0.2) is 77.3 Å². The molecule has 0 aromatic carbocycles. The third-order valence-electron chi connectivity index (χ3n) is 5.40. The molecule has 27 heavy (non-hydrogen) atoms. The Labute approximate surface area is 158 Å². The molecule has 0 bridgehead atoms. The van der Waals surface area contributed by atoms with Gasteiger partial charge in [0.2, 0.25) is 0 Å². The first-order valence-electron chi connectivity index (χ1n) is 9.35. The highest BCUT2D eigenvalue weighted by molar-refractivity contribution is 5.66. The summed E-state index contributed by atoms with van der Waals surface area (Å²) in [5, 5.41) is 20.4. The normalized spacial score (nSPS) is 49.5. The van der Waals surface area contributed by atoms with Crippen molar-refractivity contribution in [3.8, 4) is 0 Å². The zero-order valence-electron chi connectivity index (χ0n) is 16.5. The van der Waals surface area contributed by atoms with Gasteiger partial charge >= 0.3 is 5.97 Å². The molecule has 0 aromatic heterocycles. The molecule has 3 aliphatic heterocycles. The van der Waals surface area contributed by atoms with Crippen LogP contribution in [0.15, 0.2) is 0 Å². The van der Waals surface area contributed by atoms with Crippen LogP contribution in [0.2, 0.25) is 0 Å². The van der Waals surface area contributed by atoms with E-state index in [1.807, 2.05) is 27.7 Å². The third-order valence-corrected chi connectivity index (χ3v) is 5.40. The highest BCUT2D eigenvalue weighted by Crippen LogP contribution is 2.41. The maximum absolute atomic E-state index is 11.5. The van der Waals surface area contributed by atoms with Gasteiger partial charge in [-0.15, -0.1) is 0 Å². The van der Waals surface area contributed by atoms with E-state index in [0.717, 1.165) is 0 Å². The van der Waals surface area contributed by atoms with Crippen LogP contribution in [0.25, 0.3) is 0 Å². The van der Waals surface area contributed by atoms with Crippen molar-refractivity contribution in [1.82, 2.24) is 0 Å². The second kappa shape index (κ2) is 7.55. The van der Waals surface area contributed by atoms with Crippen molar-refractivity contribution in [1.29, 1.82) is 0 Å². The van der Waals surface area contributed by atoms with Gasteiger partial charge in [-0.25, -0.2) is 0 Å². The Bertz CT molecular complexity index is 553. The second-order valence-corrected chi connectivity index (χ2v) is 8.03. The van der Waals surface area contributed by atoms with Crippen molar-refractivity contribution in [2.75, 3.05) is 0 Å². The van der Waals surface area contributed by atoms with E-state index in [2.05, 4.69) is 0 Å². The molecule has 3 rings (SSSR count). The summed E-state index contributed by atoms with van der Waals surface area (Å²) in [5.41, 5.74) is 0. The van der Waals surface area contributed by atoms with Gasteiger partial charge in [-0.3, -0.25) is 4.79 Å². The predicted octanol–water partition coefficient (Wildman–Crippen LogP) is 0.302. The Balaban J connectivity index is 1.82. The van der Waals surface area contributed by atoms with Crippen LogP contribution in [0.5, 0.6) is 0 Å². The summed E-state index contributed by atoms with van der Waals surface area (Å²) in [6, 6.07) is 0. The average molecular weight is 390 g/mol. The average Bonchev–Trinajstić information content (AvgIpc) is 2.89. The van der Waals surface area contributed by atoms with E-state index < -0.39 is 54.9 Å². The number of aliphatic hydroxyl groups is 2. The van der Waals surface area contributed by atoms with E-state index in [0.29, 0.717) is 0 Å². The first-order chi connectivity index (χ1) is 12.5. The number of hydrogen-bond donors (Lipinski definition) is 2. The molecule has 0 aliphatic carbocycles. The van der Waals surface area contributed by atoms with E-state index in [-0.39, 0.29) is 18.1 Å². The lowest BCUT2D eigenvalue weighted by Gasteiger charge is -2.45. The maximum Gasteiger partial charge on any atom is 0.303 e. The van der Waals surface area contributed by atoms with Crippen molar-refractivity contribution in [3.63, 3.8) is 0 Å². The Morgan fingerprint density at radius 3 is 2.22 bits per heavy atom. The maximum atomic E-state index is 11.5. The van der Waals surface area contributed by atoms with Gasteiger partial charge in [0.05, 0.1) is 18.3 Å². The van der Waals surface area contributed by atoms with Gasteiger partial charge in [-0.2, -0.15) is 0 Å². The smallest absolute Gasteiger partial charge is 0.303 e. The highest BCUT2D eigenvalue weighted by atomic mass is 16.8. The molecule has 0 amide bonds. The van der Waals surface area contributed by atoms with Crippen molar-refractivity contribution < 1.29 is 43.4 Å². The zero-order chi connectivity index (χ0) is 20.1. The molecule has 156 valence electrons. The second-order valence-electron chi connectivity index (χ2n) is 8.03. The molecule has 2 N–H and O–H groups in total. The van der Waals surface area contributed by atoms with E-state index in [9.17, 15) is 15.0 Å². The van der Waals surface area contributed by atoms with Gasteiger partial charge in [-0.1, -0.05) is 6.92 Å². The van der Waals surface area contributed by atoms with Crippen LogP contribution in [0, 0.1) is 5.92 Å². The molecule has 3 heterocycles. The summed E-state index contributed by atoms with van der Waals surface area (Å²) in [5.74, 6) is -1.27. The van der Waals surface area contributed by atoms with E-state index in [1.54, 1.807) is 6.92 Å². The first kappa shape index (κ1) is 20.9. The minimum Gasteiger partial charge on any atom is -0.457 e. The topological polar surface area (TPSA) is 113 Å². The van der Waals surface area contributed by atoms with Gasteiger partial charge in [0.1, 0.15) is 18.3 Å². The van der Waals surface area contributed by atoms with Crippen LogP contribution in [0.4, 0.5) is 0 Å². The van der Waals surface area contributed by atoms with Gasteiger partial charge in [0, 0.05) is 12.8 Å². The van der Waals surface area contributed by atoms with Crippen molar-refractivity contribution in [3.05, 3.63) is 0 Å². The molecular formula is C18H30O9. The van der Waals surface area contributed by atoms with Crippen LogP contribution < -0.4 is 0 Å². The quantitative estimate of drug-likeness (QED) is 0.657. The first-order valence-corrected chi connectivity index (χ1v) is 9.35. The molecule has 0 spiro atoms. The van der Waals surface area contributed by atoms with Crippen molar-refractivity contribution >= 4 is 5.97 Å². The zero-order valence-corrected chi connectivity index (χ0v) is 16.5. The standard InChI is InChI=1S/C18H30O9/c1-7-8(2)23-17(15-12(7)26-18(5,6)27-15)25-14-11(20)16(21)22-9(3)13(14)24-10(4)19/h7-9,11-17,20-21H,1-6H3/t7-,8?,9?,11+,12+,13+,14?,15?,16?,17-/m0/s1. The number of rotatable bonds is 3. The monoisotopic (exact) mass is 390 g/mol. The number of carbonyl (C=O) groups is 1. The van der Waals surface area contributed by atoms with Gasteiger partial charge in [-0.05, 0) is 27.7 Å². The minimum atomic E-state index is -1.47. The fourth-order valence-electron chi connectivity index (χ4n) is 3.89. The molecular weight excluding hydrogens is 360 g/mol. The third kappa shape index (κ3) is 4.14. The predicted molar refractivity (Wildman–Crippen MR) is 90.3 cm³/mol. The summed E-state index contributed by atoms with van der Waals surface area (Å²) in [6.07, 6.45) is -7.34. The molecule has 0 radical (unpaired) electrons. The molecule has 3 saturated heterocycles. The van der Waals surface area contributed by atoms with Crippen LogP contribution in [-0.2, 0) is 33.2 Å². The van der Waals surface area contributed by atoms with E-state index >= 15 is 0 Å². The molecule has 10 atom stereocenters. The lowest BCUT2D eigenvalue weighted by atomic mass is 9.91. The van der Waals surface area contributed by atoms with Crippen LogP contribution in [0.3, 0.4) is 0 Å². The number of ether oxygens (including phenoxy) is 6. The number of esters is 1.